The van der Waals surface area contributed by atoms with Crippen LogP contribution in [0, 0.1) is 0 Å². The lowest BCUT2D eigenvalue weighted by molar-refractivity contribution is -0.131. The Labute approximate surface area is 283 Å². The van der Waals surface area contributed by atoms with Crippen LogP contribution in [-0.2, 0) is 55.9 Å². The van der Waals surface area contributed by atoms with Gasteiger partial charge in [0.05, 0.1) is 43.8 Å². The zero-order valence-corrected chi connectivity index (χ0v) is 27.4. The molecule has 258 valence electrons. The van der Waals surface area contributed by atoms with Crippen LogP contribution in [-0.4, -0.2) is 99.3 Å². The summed E-state index contributed by atoms with van der Waals surface area (Å²) in [6.07, 6.45) is 0.602. The first-order chi connectivity index (χ1) is 23.1. The van der Waals surface area contributed by atoms with E-state index in [1.165, 1.54) is 7.11 Å². The molecule has 2 aromatic rings. The highest BCUT2D eigenvalue weighted by Crippen LogP contribution is 2.25. The fraction of sp³-hybridized carbons (Fsp3) is 0.406. The van der Waals surface area contributed by atoms with Gasteiger partial charge in [-0.15, -0.1) is 0 Å². The van der Waals surface area contributed by atoms with Crippen molar-refractivity contribution in [2.24, 2.45) is 0 Å². The molecule has 0 radical (unpaired) electrons. The second-order valence-electron chi connectivity index (χ2n) is 10.7. The second-order valence-corrected chi connectivity index (χ2v) is 11.3. The van der Waals surface area contributed by atoms with E-state index in [9.17, 15) is 33.6 Å². The largest absolute Gasteiger partial charge is 0.382 e. The molecule has 2 atom stereocenters. The average Bonchev–Trinajstić information content (AvgIpc) is 3.34. The van der Waals surface area contributed by atoms with Crippen molar-refractivity contribution in [1.29, 1.82) is 0 Å². The van der Waals surface area contributed by atoms with Crippen LogP contribution in [0.4, 0.5) is 5.69 Å². The van der Waals surface area contributed by atoms with Crippen molar-refractivity contribution in [2.75, 3.05) is 51.6 Å². The number of nitrogens with one attached hydrogen (secondary N) is 5. The lowest BCUT2D eigenvalue weighted by atomic mass is 10.1. The Morgan fingerprint density at radius 1 is 0.812 bits per heavy atom. The van der Waals surface area contributed by atoms with Crippen molar-refractivity contribution >= 4 is 59.7 Å². The van der Waals surface area contributed by atoms with E-state index in [0.29, 0.717) is 25.3 Å². The predicted octanol–water partition coefficient (Wildman–Crippen LogP) is -1.01. The number of anilines is 1. The number of hydrogen-bond donors (Lipinski definition) is 6. The summed E-state index contributed by atoms with van der Waals surface area (Å²) in [6, 6.07) is 14.6. The zero-order valence-electron chi connectivity index (χ0n) is 26.5. The molecule has 1 aliphatic heterocycles. The first-order valence-corrected chi connectivity index (χ1v) is 15.7. The maximum Gasteiger partial charge on any atom is 0.247 e. The Hall–Kier alpha value is -4.80. The first kappa shape index (κ1) is 37.7. The Kier molecular flexibility index (Phi) is 15.5. The van der Waals surface area contributed by atoms with Gasteiger partial charge < -0.3 is 36.1 Å². The van der Waals surface area contributed by atoms with E-state index < -0.39 is 47.4 Å². The number of nitrogens with zero attached hydrogens (tertiary/aromatic N) is 1. The van der Waals surface area contributed by atoms with Gasteiger partial charge in [-0.1, -0.05) is 42.5 Å². The third-order valence-electron chi connectivity index (χ3n) is 7.01. The lowest BCUT2D eigenvalue weighted by Crippen LogP contribution is -2.52. The molecule has 1 saturated heterocycles. The minimum atomic E-state index is -1.03. The standard InChI is InChI=1S/C32H40N6O9S/c1-46-13-14-47-20-36-28(41)18-35-31(44)24(15-22-5-3-2-4-6-22)37-29(42)19-34-27(40)17-33-26(39)12-9-21-7-10-23(11-8-21)38-30(43)16-25(48)32(38)45/h2-8,10-11,24-25,48H,9,12-20H2,1H3,(H,33,39)(H,34,40)(H,35,44)(H,36,41)(H,37,42)/t24-,25?/m0/s1. The molecule has 1 heterocycles. The minimum Gasteiger partial charge on any atom is -0.382 e. The first-order valence-electron chi connectivity index (χ1n) is 15.2. The van der Waals surface area contributed by atoms with Gasteiger partial charge in [-0.25, -0.2) is 4.90 Å². The molecule has 5 N–H and O–H groups in total. The van der Waals surface area contributed by atoms with E-state index in [0.717, 1.165) is 16.0 Å². The van der Waals surface area contributed by atoms with Crippen molar-refractivity contribution < 1.29 is 43.0 Å². The van der Waals surface area contributed by atoms with Crippen molar-refractivity contribution in [3.8, 4) is 0 Å². The van der Waals surface area contributed by atoms with E-state index in [2.05, 4.69) is 39.2 Å². The molecule has 48 heavy (non-hydrogen) atoms. The quantitative estimate of drug-likeness (QED) is 0.0465. The molecule has 0 spiro atoms. The predicted molar refractivity (Wildman–Crippen MR) is 177 cm³/mol. The summed E-state index contributed by atoms with van der Waals surface area (Å²) < 4.78 is 10.0. The van der Waals surface area contributed by atoms with Crippen LogP contribution in [0.25, 0.3) is 0 Å². The van der Waals surface area contributed by atoms with Crippen LogP contribution in [0.3, 0.4) is 0 Å². The molecule has 2 aromatic carbocycles. The van der Waals surface area contributed by atoms with E-state index in [-0.39, 0.29) is 50.9 Å². The molecule has 1 aliphatic rings. The Morgan fingerprint density at radius 2 is 1.46 bits per heavy atom. The van der Waals surface area contributed by atoms with Gasteiger partial charge in [-0.2, -0.15) is 12.6 Å². The van der Waals surface area contributed by atoms with Crippen LogP contribution in [0.5, 0.6) is 0 Å². The molecule has 0 bridgehead atoms. The molecular weight excluding hydrogens is 644 g/mol. The topological polar surface area (TPSA) is 201 Å². The lowest BCUT2D eigenvalue weighted by Gasteiger charge is -2.19. The Balaban J connectivity index is 1.39. The highest BCUT2D eigenvalue weighted by atomic mass is 32.1. The van der Waals surface area contributed by atoms with Crippen molar-refractivity contribution in [2.45, 2.75) is 37.0 Å². The number of hydrogen-bond acceptors (Lipinski definition) is 10. The van der Waals surface area contributed by atoms with E-state index in [1.54, 1.807) is 48.5 Å². The maximum absolute atomic E-state index is 12.9. The Bertz CT molecular complexity index is 1440. The second kappa shape index (κ2) is 19.8. The highest BCUT2D eigenvalue weighted by Gasteiger charge is 2.37. The molecule has 7 amide bonds. The van der Waals surface area contributed by atoms with Crippen molar-refractivity contribution in [3.05, 3.63) is 65.7 Å². The summed E-state index contributed by atoms with van der Waals surface area (Å²) in [5.41, 5.74) is 1.99. The third kappa shape index (κ3) is 12.8. The normalized spacial score (nSPS) is 14.6. The number of amides is 7. The summed E-state index contributed by atoms with van der Waals surface area (Å²) in [4.78, 5) is 87.4. The summed E-state index contributed by atoms with van der Waals surface area (Å²) in [6.45, 7) is -0.552. The van der Waals surface area contributed by atoms with Gasteiger partial charge >= 0.3 is 0 Å². The van der Waals surface area contributed by atoms with Gasteiger partial charge in [0.1, 0.15) is 12.8 Å². The average molecular weight is 685 g/mol. The number of carbonyl (C=O) groups excluding carboxylic acids is 7. The van der Waals surface area contributed by atoms with Gasteiger partial charge in [0, 0.05) is 26.4 Å². The van der Waals surface area contributed by atoms with Crippen LogP contribution in [0.2, 0.25) is 0 Å². The minimum absolute atomic E-state index is 0.0446. The maximum atomic E-state index is 12.9. The zero-order chi connectivity index (χ0) is 34.9. The van der Waals surface area contributed by atoms with Gasteiger partial charge in [0.15, 0.2) is 0 Å². The van der Waals surface area contributed by atoms with Crippen molar-refractivity contribution in [3.63, 3.8) is 0 Å². The number of thiol groups is 1. The number of ether oxygens (including phenoxy) is 2. The van der Waals surface area contributed by atoms with E-state index in [1.807, 2.05) is 6.07 Å². The molecule has 0 aliphatic carbocycles. The third-order valence-corrected chi connectivity index (χ3v) is 7.41. The molecule has 16 heteroatoms. The SMILES string of the molecule is COCCOCNC(=O)CNC(=O)[C@H](Cc1ccccc1)NC(=O)CNC(=O)CNC(=O)CCc1ccc(N2C(=O)CC(S)C2=O)cc1. The fourth-order valence-electron chi connectivity index (χ4n) is 4.47. The number of carbonyl (C=O) groups is 7. The van der Waals surface area contributed by atoms with Gasteiger partial charge in [-0.05, 0) is 29.7 Å². The molecule has 1 fully saturated rings. The summed E-state index contributed by atoms with van der Waals surface area (Å²) in [7, 11) is 1.52. The molecular formula is C32H40N6O9S. The number of imide groups is 1. The molecule has 3 rings (SSSR count). The van der Waals surface area contributed by atoms with Crippen molar-refractivity contribution in [1.82, 2.24) is 26.6 Å². The number of rotatable bonds is 19. The van der Waals surface area contributed by atoms with E-state index in [4.69, 9.17) is 9.47 Å². The molecule has 15 nitrogen and oxygen atoms in total. The smallest absolute Gasteiger partial charge is 0.247 e. The summed E-state index contributed by atoms with van der Waals surface area (Å²) >= 11 is 4.12. The van der Waals surface area contributed by atoms with Crippen LogP contribution < -0.4 is 31.5 Å². The molecule has 0 saturated carbocycles. The molecule has 0 aromatic heterocycles. The van der Waals surface area contributed by atoms with Crippen LogP contribution in [0.15, 0.2) is 54.6 Å². The van der Waals surface area contributed by atoms with Gasteiger partial charge in [-0.3, -0.25) is 33.6 Å². The fourth-order valence-corrected chi connectivity index (χ4v) is 4.74. The van der Waals surface area contributed by atoms with Crippen LogP contribution >= 0.6 is 12.6 Å². The number of benzene rings is 2. The monoisotopic (exact) mass is 684 g/mol. The van der Waals surface area contributed by atoms with E-state index >= 15 is 0 Å². The summed E-state index contributed by atoms with van der Waals surface area (Å²) in [5.74, 6) is -3.43. The van der Waals surface area contributed by atoms with Gasteiger partial charge in [0.25, 0.3) is 0 Å². The van der Waals surface area contributed by atoms with Gasteiger partial charge in [0.2, 0.25) is 41.4 Å². The number of aryl methyl sites for hydroxylation is 1. The Morgan fingerprint density at radius 3 is 2.12 bits per heavy atom. The summed E-state index contributed by atoms with van der Waals surface area (Å²) in [5, 5.41) is 11.8. The highest BCUT2D eigenvalue weighted by molar-refractivity contribution is 7.82. The molecule has 1 unspecified atom stereocenters. The van der Waals surface area contributed by atoms with Crippen LogP contribution in [0.1, 0.15) is 24.0 Å². The number of methoxy groups -OCH3 is 1.